The average Bonchev–Trinajstić information content (AvgIpc) is 2.92. The van der Waals surface area contributed by atoms with E-state index in [2.05, 4.69) is 15.0 Å². The van der Waals surface area contributed by atoms with Crippen molar-refractivity contribution in [2.75, 3.05) is 32.8 Å². The Morgan fingerprint density at radius 1 is 1.21 bits per heavy atom. The van der Waals surface area contributed by atoms with E-state index in [4.69, 9.17) is 4.74 Å². The van der Waals surface area contributed by atoms with Gasteiger partial charge in [0.2, 0.25) is 0 Å². The van der Waals surface area contributed by atoms with Gasteiger partial charge >= 0.3 is 6.61 Å². The summed E-state index contributed by atoms with van der Waals surface area (Å²) >= 11 is 0. The van der Waals surface area contributed by atoms with E-state index in [1.807, 2.05) is 19.1 Å². The van der Waals surface area contributed by atoms with Crippen molar-refractivity contribution in [2.24, 2.45) is 5.41 Å². The largest absolute Gasteiger partial charge is 0.490 e. The molecule has 0 unspecified atom stereocenters. The summed E-state index contributed by atoms with van der Waals surface area (Å²) in [7, 11) is 0. The third kappa shape index (κ3) is 4.16. The zero-order valence-corrected chi connectivity index (χ0v) is 14.2. The molecule has 0 atom stereocenters. The molecule has 0 amide bonds. The first-order valence-corrected chi connectivity index (χ1v) is 8.74. The van der Waals surface area contributed by atoms with Gasteiger partial charge in [-0.05, 0) is 68.9 Å². The number of alkyl halides is 2. The highest BCUT2D eigenvalue weighted by Gasteiger charge is 2.38. The summed E-state index contributed by atoms with van der Waals surface area (Å²) in [6.07, 6.45) is 3.74. The van der Waals surface area contributed by atoms with Gasteiger partial charge in [-0.2, -0.15) is 8.78 Å². The topological polar surface area (TPSA) is 33.7 Å². The summed E-state index contributed by atoms with van der Waals surface area (Å²) in [6.45, 7) is 4.68. The maximum Gasteiger partial charge on any atom is 0.387 e. The van der Waals surface area contributed by atoms with Gasteiger partial charge < -0.3 is 14.8 Å². The lowest BCUT2D eigenvalue weighted by Crippen LogP contribution is -2.38. The Morgan fingerprint density at radius 2 is 2.00 bits per heavy atom. The normalized spacial score (nSPS) is 20.7. The van der Waals surface area contributed by atoms with Gasteiger partial charge in [0.05, 0.1) is 6.61 Å². The molecule has 0 saturated carbocycles. The maximum absolute atomic E-state index is 12.5. The molecule has 2 aliphatic rings. The number of nitrogens with zero attached hydrogens (tertiary/aromatic N) is 1. The highest BCUT2D eigenvalue weighted by molar-refractivity contribution is 5.43. The first kappa shape index (κ1) is 17.4. The van der Waals surface area contributed by atoms with Crippen molar-refractivity contribution in [3.05, 3.63) is 23.8 Å². The standard InChI is InChI=1S/C18H26F2N2O2/c1-2-23-16-11-14(3-4-15(16)24-17(19)20)12-22-10-7-18(13-22)5-8-21-9-6-18/h3-4,11,17,21H,2,5-10,12-13H2,1H3. The Kier molecular flexibility index (Phi) is 5.56. The van der Waals surface area contributed by atoms with Crippen LogP contribution in [0, 0.1) is 5.41 Å². The second kappa shape index (κ2) is 7.66. The predicted octanol–water partition coefficient (Wildman–Crippen LogP) is 3.26. The highest BCUT2D eigenvalue weighted by Crippen LogP contribution is 2.39. The predicted molar refractivity (Wildman–Crippen MR) is 88.7 cm³/mol. The minimum atomic E-state index is -2.84. The number of nitrogens with one attached hydrogen (secondary N) is 1. The Labute approximate surface area is 142 Å². The zero-order valence-electron chi connectivity index (χ0n) is 14.2. The lowest BCUT2D eigenvalue weighted by atomic mass is 9.78. The maximum atomic E-state index is 12.5. The van der Waals surface area contributed by atoms with E-state index in [0.717, 1.165) is 38.3 Å². The first-order chi connectivity index (χ1) is 11.6. The molecule has 6 heteroatoms. The van der Waals surface area contributed by atoms with E-state index in [1.165, 1.54) is 19.3 Å². The SMILES string of the molecule is CCOc1cc(CN2CCC3(CCNCC3)C2)ccc1OC(F)F. The Balaban J connectivity index is 1.65. The van der Waals surface area contributed by atoms with Gasteiger partial charge in [-0.1, -0.05) is 6.07 Å². The van der Waals surface area contributed by atoms with Gasteiger partial charge in [-0.15, -0.1) is 0 Å². The Hall–Kier alpha value is -1.40. The van der Waals surface area contributed by atoms with Crippen LogP contribution in [-0.2, 0) is 6.54 Å². The van der Waals surface area contributed by atoms with Crippen LogP contribution in [0.5, 0.6) is 11.5 Å². The lowest BCUT2D eigenvalue weighted by molar-refractivity contribution is -0.0514. The van der Waals surface area contributed by atoms with Crippen LogP contribution < -0.4 is 14.8 Å². The number of ether oxygens (including phenoxy) is 2. The van der Waals surface area contributed by atoms with Crippen LogP contribution in [0.25, 0.3) is 0 Å². The van der Waals surface area contributed by atoms with Crippen LogP contribution in [-0.4, -0.2) is 44.3 Å². The highest BCUT2D eigenvalue weighted by atomic mass is 19.3. The molecule has 1 N–H and O–H groups in total. The molecule has 1 aromatic rings. The van der Waals surface area contributed by atoms with E-state index in [-0.39, 0.29) is 5.75 Å². The van der Waals surface area contributed by atoms with E-state index in [1.54, 1.807) is 6.07 Å². The molecule has 24 heavy (non-hydrogen) atoms. The summed E-state index contributed by atoms with van der Waals surface area (Å²) < 4.78 is 35.0. The van der Waals surface area contributed by atoms with Crippen LogP contribution in [0.1, 0.15) is 31.7 Å². The molecule has 2 heterocycles. The third-order valence-electron chi connectivity index (χ3n) is 5.11. The van der Waals surface area contributed by atoms with E-state index < -0.39 is 6.61 Å². The van der Waals surface area contributed by atoms with Crippen LogP contribution in [0.15, 0.2) is 18.2 Å². The monoisotopic (exact) mass is 340 g/mol. The molecule has 2 saturated heterocycles. The van der Waals surface area contributed by atoms with Gasteiger partial charge in [-0.3, -0.25) is 4.90 Å². The van der Waals surface area contributed by atoms with Crippen molar-refractivity contribution < 1.29 is 18.3 Å². The summed E-state index contributed by atoms with van der Waals surface area (Å²) in [5.74, 6) is 0.498. The quantitative estimate of drug-likeness (QED) is 0.862. The fraction of sp³-hybridized carbons (Fsp3) is 0.667. The van der Waals surface area contributed by atoms with Crippen LogP contribution in [0.3, 0.4) is 0 Å². The third-order valence-corrected chi connectivity index (χ3v) is 5.11. The average molecular weight is 340 g/mol. The number of benzene rings is 1. The Morgan fingerprint density at radius 3 is 2.71 bits per heavy atom. The molecule has 1 aromatic carbocycles. The van der Waals surface area contributed by atoms with Crippen molar-refractivity contribution in [3.8, 4) is 11.5 Å². The Bertz CT molecular complexity index is 548. The number of halogens is 2. The summed E-state index contributed by atoms with van der Waals surface area (Å²) in [5.41, 5.74) is 1.54. The second-order valence-corrected chi connectivity index (χ2v) is 6.80. The van der Waals surface area contributed by atoms with Crippen LogP contribution in [0.2, 0.25) is 0 Å². The number of hydrogen-bond donors (Lipinski definition) is 1. The van der Waals surface area contributed by atoms with Crippen LogP contribution >= 0.6 is 0 Å². The smallest absolute Gasteiger partial charge is 0.387 e. The van der Waals surface area contributed by atoms with Gasteiger partial charge in [0, 0.05) is 13.1 Å². The fourth-order valence-electron chi connectivity index (χ4n) is 3.90. The number of likely N-dealkylation sites (tertiary alicyclic amines) is 1. The number of hydrogen-bond acceptors (Lipinski definition) is 4. The molecule has 0 aromatic heterocycles. The minimum Gasteiger partial charge on any atom is -0.490 e. The van der Waals surface area contributed by atoms with Gasteiger partial charge in [-0.25, -0.2) is 0 Å². The second-order valence-electron chi connectivity index (χ2n) is 6.80. The van der Waals surface area contributed by atoms with Gasteiger partial charge in [0.25, 0.3) is 0 Å². The van der Waals surface area contributed by atoms with Crippen molar-refractivity contribution in [1.82, 2.24) is 10.2 Å². The van der Waals surface area contributed by atoms with Crippen LogP contribution in [0.4, 0.5) is 8.78 Å². The minimum absolute atomic E-state index is 0.104. The molecule has 0 radical (unpaired) electrons. The van der Waals surface area contributed by atoms with E-state index >= 15 is 0 Å². The molecule has 2 fully saturated rings. The molecule has 2 aliphatic heterocycles. The van der Waals surface area contributed by atoms with Gasteiger partial charge in [0.15, 0.2) is 11.5 Å². The van der Waals surface area contributed by atoms with Crippen molar-refractivity contribution in [3.63, 3.8) is 0 Å². The molecular formula is C18H26F2N2O2. The molecule has 3 rings (SSSR count). The molecule has 134 valence electrons. The molecular weight excluding hydrogens is 314 g/mol. The van der Waals surface area contributed by atoms with Crippen molar-refractivity contribution >= 4 is 0 Å². The molecule has 1 spiro atoms. The van der Waals surface area contributed by atoms with Crippen molar-refractivity contribution in [2.45, 2.75) is 39.3 Å². The summed E-state index contributed by atoms with van der Waals surface area (Å²) in [4.78, 5) is 2.46. The lowest BCUT2D eigenvalue weighted by Gasteiger charge is -2.34. The van der Waals surface area contributed by atoms with E-state index in [0.29, 0.717) is 17.8 Å². The van der Waals surface area contributed by atoms with Crippen molar-refractivity contribution in [1.29, 1.82) is 0 Å². The molecule has 0 bridgehead atoms. The first-order valence-electron chi connectivity index (χ1n) is 8.74. The summed E-state index contributed by atoms with van der Waals surface area (Å²) in [6, 6.07) is 5.27. The molecule has 0 aliphatic carbocycles. The fourth-order valence-corrected chi connectivity index (χ4v) is 3.90. The number of piperidine rings is 1. The summed E-state index contributed by atoms with van der Waals surface area (Å²) in [5, 5.41) is 3.43. The zero-order chi connectivity index (χ0) is 17.0. The van der Waals surface area contributed by atoms with Gasteiger partial charge in [0.1, 0.15) is 0 Å². The van der Waals surface area contributed by atoms with E-state index in [9.17, 15) is 8.78 Å². The number of rotatable bonds is 6. The molecule has 4 nitrogen and oxygen atoms in total.